The molecule has 82 valence electrons. The second-order valence-electron chi connectivity index (χ2n) is 3.42. The van der Waals surface area contributed by atoms with Gasteiger partial charge in [0.15, 0.2) is 0 Å². The number of carbonyl (C=O) groups is 1. The van der Waals surface area contributed by atoms with E-state index in [1.165, 1.54) is 5.06 Å². The highest BCUT2D eigenvalue weighted by Crippen LogP contribution is 2.18. The largest absolute Gasteiger partial charge is 0.281 e. The van der Waals surface area contributed by atoms with Crippen molar-refractivity contribution in [1.29, 1.82) is 0 Å². The van der Waals surface area contributed by atoms with E-state index >= 15 is 0 Å². The summed E-state index contributed by atoms with van der Waals surface area (Å²) in [7, 11) is 1.78. The second-order valence-corrected chi connectivity index (χ2v) is 4.17. The average molecular weight is 274 g/mol. The van der Waals surface area contributed by atoms with Gasteiger partial charge >= 0.3 is 0 Å². The molecule has 0 unspecified atom stereocenters. The zero-order valence-corrected chi connectivity index (χ0v) is 10.0. The van der Waals surface area contributed by atoms with Crippen molar-refractivity contribution in [2.45, 2.75) is 12.8 Å². The highest BCUT2D eigenvalue weighted by atomic mass is 79.9. The Morgan fingerprint density at radius 3 is 2.93 bits per heavy atom. The minimum atomic E-state index is -0.130. The molecule has 1 aromatic heterocycles. The van der Waals surface area contributed by atoms with E-state index in [0.717, 1.165) is 12.8 Å². The molecule has 0 spiro atoms. The minimum absolute atomic E-state index is 0.130. The van der Waals surface area contributed by atoms with Gasteiger partial charge in [0.25, 0.3) is 5.91 Å². The maximum Gasteiger partial charge on any atom is 0.281 e. The molecular formula is C9H12BrN3O2. The molecular weight excluding hydrogens is 262 g/mol. The zero-order chi connectivity index (χ0) is 10.8. The molecule has 2 heterocycles. The monoisotopic (exact) mass is 273 g/mol. The first-order valence-electron chi connectivity index (χ1n) is 4.82. The first kappa shape index (κ1) is 10.6. The number of rotatable bonds is 1. The Balaban J connectivity index is 2.16. The predicted molar refractivity (Wildman–Crippen MR) is 57.1 cm³/mol. The van der Waals surface area contributed by atoms with Gasteiger partial charge in [-0.15, -0.1) is 0 Å². The fourth-order valence-corrected chi connectivity index (χ4v) is 1.82. The van der Waals surface area contributed by atoms with Crippen LogP contribution in [0.5, 0.6) is 0 Å². The third-order valence-electron chi connectivity index (χ3n) is 2.33. The smallest absolute Gasteiger partial charge is 0.271 e. The summed E-state index contributed by atoms with van der Waals surface area (Å²) in [5, 5.41) is 5.41. The van der Waals surface area contributed by atoms with E-state index in [2.05, 4.69) is 21.0 Å². The van der Waals surface area contributed by atoms with Crippen LogP contribution >= 0.6 is 15.9 Å². The number of carbonyl (C=O) groups excluding carboxylic acids is 1. The lowest BCUT2D eigenvalue weighted by atomic mass is 10.2. The third kappa shape index (κ3) is 2.05. The Kier molecular flexibility index (Phi) is 3.06. The van der Waals surface area contributed by atoms with Crippen molar-refractivity contribution in [2.75, 3.05) is 13.2 Å². The topological polar surface area (TPSA) is 47.4 Å². The van der Waals surface area contributed by atoms with Crippen LogP contribution in [0.15, 0.2) is 10.8 Å². The molecule has 0 atom stereocenters. The van der Waals surface area contributed by atoms with E-state index in [-0.39, 0.29) is 5.91 Å². The maximum atomic E-state index is 12.0. The first-order valence-corrected chi connectivity index (χ1v) is 5.61. The quantitative estimate of drug-likeness (QED) is 0.776. The number of nitrogens with zero attached hydrogens (tertiary/aromatic N) is 3. The SMILES string of the molecule is Cn1ncc(C(=O)N2CCCCO2)c1Br. The van der Waals surface area contributed by atoms with Crippen molar-refractivity contribution in [3.63, 3.8) is 0 Å². The van der Waals surface area contributed by atoms with Crippen LogP contribution in [0.3, 0.4) is 0 Å². The number of hydrogen-bond donors (Lipinski definition) is 0. The molecule has 1 aromatic rings. The van der Waals surface area contributed by atoms with E-state index in [1.54, 1.807) is 17.9 Å². The fourth-order valence-electron chi connectivity index (χ4n) is 1.46. The highest BCUT2D eigenvalue weighted by Gasteiger charge is 2.23. The Hall–Kier alpha value is -0.880. The molecule has 1 amide bonds. The second kappa shape index (κ2) is 4.32. The van der Waals surface area contributed by atoms with Crippen LogP contribution in [-0.2, 0) is 11.9 Å². The van der Waals surface area contributed by atoms with Gasteiger partial charge in [0.05, 0.1) is 18.4 Å². The summed E-state index contributed by atoms with van der Waals surface area (Å²) in [6.07, 6.45) is 3.55. The van der Waals surface area contributed by atoms with Crippen LogP contribution < -0.4 is 0 Å². The van der Waals surface area contributed by atoms with Crippen LogP contribution in [-0.4, -0.2) is 33.9 Å². The molecule has 6 heteroatoms. The molecule has 0 aliphatic carbocycles. The van der Waals surface area contributed by atoms with Gasteiger partial charge in [-0.1, -0.05) is 0 Å². The van der Waals surface area contributed by atoms with Crippen molar-refractivity contribution in [1.82, 2.24) is 14.8 Å². The van der Waals surface area contributed by atoms with Gasteiger partial charge in [-0.05, 0) is 28.8 Å². The molecule has 0 radical (unpaired) electrons. The van der Waals surface area contributed by atoms with Crippen LogP contribution in [0.1, 0.15) is 23.2 Å². The maximum absolute atomic E-state index is 12.0. The summed E-state index contributed by atoms with van der Waals surface area (Å²) in [5.41, 5.74) is 0.541. The molecule has 1 fully saturated rings. The van der Waals surface area contributed by atoms with Gasteiger partial charge in [-0.3, -0.25) is 14.3 Å². The number of aromatic nitrogens is 2. The standard InChI is InChI=1S/C9H12BrN3O2/c1-12-8(10)7(6-11-12)9(14)13-4-2-3-5-15-13/h6H,2-5H2,1H3. The lowest BCUT2D eigenvalue weighted by molar-refractivity contribution is -0.144. The molecule has 0 aromatic carbocycles. The summed E-state index contributed by atoms with van der Waals surface area (Å²) in [4.78, 5) is 17.2. The molecule has 15 heavy (non-hydrogen) atoms. The van der Waals surface area contributed by atoms with Crippen molar-refractivity contribution < 1.29 is 9.63 Å². The Morgan fingerprint density at radius 1 is 1.60 bits per heavy atom. The normalized spacial score (nSPS) is 16.8. The minimum Gasteiger partial charge on any atom is -0.271 e. The molecule has 0 bridgehead atoms. The van der Waals surface area contributed by atoms with Crippen LogP contribution in [0.4, 0.5) is 0 Å². The number of halogens is 1. The summed E-state index contributed by atoms with van der Waals surface area (Å²) >= 11 is 3.31. The lowest BCUT2D eigenvalue weighted by Crippen LogP contribution is -2.35. The van der Waals surface area contributed by atoms with E-state index in [4.69, 9.17) is 4.84 Å². The van der Waals surface area contributed by atoms with Crippen LogP contribution in [0.25, 0.3) is 0 Å². The van der Waals surface area contributed by atoms with Gasteiger partial charge < -0.3 is 0 Å². The summed E-state index contributed by atoms with van der Waals surface area (Å²) in [6.45, 7) is 1.27. The summed E-state index contributed by atoms with van der Waals surface area (Å²) < 4.78 is 2.29. The van der Waals surface area contributed by atoms with Crippen molar-refractivity contribution >= 4 is 21.8 Å². The molecule has 0 N–H and O–H groups in total. The van der Waals surface area contributed by atoms with Crippen LogP contribution in [0.2, 0.25) is 0 Å². The number of amides is 1. The lowest BCUT2D eigenvalue weighted by Gasteiger charge is -2.25. The number of aryl methyl sites for hydroxylation is 1. The predicted octanol–water partition coefficient (Wildman–Crippen LogP) is 1.35. The molecule has 1 saturated heterocycles. The van der Waals surface area contributed by atoms with Crippen LogP contribution in [0, 0.1) is 0 Å². The summed E-state index contributed by atoms with van der Waals surface area (Å²) in [6, 6.07) is 0. The number of hydrogen-bond acceptors (Lipinski definition) is 3. The fraction of sp³-hybridized carbons (Fsp3) is 0.556. The van der Waals surface area contributed by atoms with Gasteiger partial charge in [0.1, 0.15) is 4.60 Å². The van der Waals surface area contributed by atoms with E-state index in [1.807, 2.05) is 0 Å². The van der Waals surface area contributed by atoms with E-state index in [0.29, 0.717) is 23.3 Å². The molecule has 0 saturated carbocycles. The zero-order valence-electron chi connectivity index (χ0n) is 8.44. The van der Waals surface area contributed by atoms with E-state index in [9.17, 15) is 4.79 Å². The van der Waals surface area contributed by atoms with Gasteiger partial charge in [-0.2, -0.15) is 5.10 Å². The molecule has 2 rings (SSSR count). The summed E-state index contributed by atoms with van der Waals surface area (Å²) in [5.74, 6) is -0.130. The molecule has 5 nitrogen and oxygen atoms in total. The Morgan fingerprint density at radius 2 is 2.40 bits per heavy atom. The number of hydroxylamine groups is 2. The van der Waals surface area contributed by atoms with Crippen molar-refractivity contribution in [3.8, 4) is 0 Å². The van der Waals surface area contributed by atoms with Gasteiger partial charge in [-0.25, -0.2) is 5.06 Å². The third-order valence-corrected chi connectivity index (χ3v) is 3.27. The van der Waals surface area contributed by atoms with E-state index < -0.39 is 0 Å². The molecule has 1 aliphatic rings. The van der Waals surface area contributed by atoms with Crippen molar-refractivity contribution in [3.05, 3.63) is 16.4 Å². The first-order chi connectivity index (χ1) is 7.20. The Labute approximate surface area is 96.1 Å². The molecule has 1 aliphatic heterocycles. The average Bonchev–Trinajstić information content (AvgIpc) is 2.60. The highest BCUT2D eigenvalue weighted by molar-refractivity contribution is 9.10. The van der Waals surface area contributed by atoms with Gasteiger partial charge in [0.2, 0.25) is 0 Å². The van der Waals surface area contributed by atoms with Crippen molar-refractivity contribution in [2.24, 2.45) is 7.05 Å². The Bertz CT molecular complexity index is 371. The van der Waals surface area contributed by atoms with Gasteiger partial charge in [0, 0.05) is 13.6 Å².